The highest BCUT2D eigenvalue weighted by Crippen LogP contribution is 2.66. The molecule has 2 aromatic carbocycles. The van der Waals surface area contributed by atoms with Crippen LogP contribution in [0.3, 0.4) is 0 Å². The molecule has 146 valence electrons. The van der Waals surface area contributed by atoms with Gasteiger partial charge in [-0.2, -0.15) is 17.6 Å². The molecule has 0 saturated heterocycles. The number of halogens is 5. The van der Waals surface area contributed by atoms with Crippen LogP contribution < -0.4 is 4.74 Å². The Balaban J connectivity index is 1.91. The topological polar surface area (TPSA) is 33.8 Å². The minimum atomic E-state index is -4.66. The maximum absolute atomic E-state index is 14.5. The monoisotopic (exact) mass is 395 g/mol. The summed E-state index contributed by atoms with van der Waals surface area (Å²) in [5, 5.41) is 10.6. The number of nitrogens with zero attached hydrogens (tertiary/aromatic N) is 1. The van der Waals surface area contributed by atoms with Crippen molar-refractivity contribution in [2.75, 3.05) is 0 Å². The zero-order valence-corrected chi connectivity index (χ0v) is 14.6. The van der Waals surface area contributed by atoms with Crippen molar-refractivity contribution in [1.82, 2.24) is 0 Å². The Kier molecular flexibility index (Phi) is 3.79. The minimum absolute atomic E-state index is 0.0283. The Morgan fingerprint density at radius 1 is 1.18 bits per heavy atom. The first-order valence-electron chi connectivity index (χ1n) is 8.54. The van der Waals surface area contributed by atoms with Gasteiger partial charge in [-0.25, -0.2) is 9.24 Å². The van der Waals surface area contributed by atoms with Crippen molar-refractivity contribution >= 4 is 5.69 Å². The molecule has 2 aliphatic rings. The molecule has 4 rings (SSSR count). The highest BCUT2D eigenvalue weighted by Gasteiger charge is 2.77. The van der Waals surface area contributed by atoms with Gasteiger partial charge in [-0.1, -0.05) is 6.92 Å². The van der Waals surface area contributed by atoms with Gasteiger partial charge in [0, 0.05) is 22.8 Å². The fourth-order valence-electron chi connectivity index (χ4n) is 4.12. The van der Waals surface area contributed by atoms with Gasteiger partial charge >= 0.3 is 11.8 Å². The van der Waals surface area contributed by atoms with E-state index in [2.05, 4.69) is 4.85 Å². The quantitative estimate of drug-likeness (QED) is 0.500. The molecule has 0 amide bonds. The van der Waals surface area contributed by atoms with Crippen LogP contribution in [0.15, 0.2) is 30.3 Å². The number of hydrogen-bond donors (Lipinski definition) is 1. The molecule has 1 N–H and O–H groups in total. The Morgan fingerprint density at radius 3 is 2.57 bits per heavy atom. The van der Waals surface area contributed by atoms with Gasteiger partial charge in [-0.05, 0) is 43.0 Å². The Hall–Kier alpha value is -2.66. The lowest BCUT2D eigenvalue weighted by Crippen LogP contribution is -2.50. The van der Waals surface area contributed by atoms with E-state index in [9.17, 15) is 27.1 Å². The molecule has 0 saturated carbocycles. The fraction of sp³-hybridized carbons (Fsp3) is 0.350. The Labute approximate surface area is 157 Å². The Bertz CT molecular complexity index is 1030. The first-order valence-corrected chi connectivity index (χ1v) is 8.54. The van der Waals surface area contributed by atoms with Gasteiger partial charge < -0.3 is 9.84 Å². The van der Waals surface area contributed by atoms with E-state index in [1.807, 2.05) is 0 Å². The smallest absolute Gasteiger partial charge is 0.346 e. The summed E-state index contributed by atoms with van der Waals surface area (Å²) in [7, 11) is 0. The summed E-state index contributed by atoms with van der Waals surface area (Å²) in [6.45, 7) is 8.64. The molecule has 28 heavy (non-hydrogen) atoms. The van der Waals surface area contributed by atoms with Crippen LogP contribution in [0.4, 0.5) is 27.6 Å². The molecule has 0 unspecified atom stereocenters. The SMILES string of the molecule is [C-]#[N+]c1cc(F)cc(Oc2ccc3c4c2[C@@H](C)CC[C@]4(O)C(F)(F)C3(F)F)c1. The zero-order valence-electron chi connectivity index (χ0n) is 14.6. The first kappa shape index (κ1) is 18.7. The molecule has 0 aliphatic heterocycles. The number of ether oxygens (including phenoxy) is 1. The summed E-state index contributed by atoms with van der Waals surface area (Å²) in [6, 6.07) is 5.17. The second-order valence-electron chi connectivity index (χ2n) is 7.21. The first-order chi connectivity index (χ1) is 13.0. The summed E-state index contributed by atoms with van der Waals surface area (Å²) >= 11 is 0. The average Bonchev–Trinajstić information content (AvgIpc) is 2.74. The third-order valence-corrected chi connectivity index (χ3v) is 5.52. The van der Waals surface area contributed by atoms with Gasteiger partial charge in [-0.3, -0.25) is 0 Å². The van der Waals surface area contributed by atoms with Crippen LogP contribution >= 0.6 is 0 Å². The maximum Gasteiger partial charge on any atom is 0.346 e. The number of aliphatic hydroxyl groups is 1. The summed E-state index contributed by atoms with van der Waals surface area (Å²) in [5.74, 6) is -10.5. The van der Waals surface area contributed by atoms with Crippen LogP contribution in [-0.2, 0) is 11.5 Å². The summed E-state index contributed by atoms with van der Waals surface area (Å²) < 4.78 is 77.1. The number of hydrogen-bond acceptors (Lipinski definition) is 2. The lowest BCUT2D eigenvalue weighted by Gasteiger charge is -2.38. The number of alkyl halides is 4. The molecule has 0 fully saturated rings. The third-order valence-electron chi connectivity index (χ3n) is 5.52. The van der Waals surface area contributed by atoms with Crippen LogP contribution in [0.2, 0.25) is 0 Å². The zero-order chi connectivity index (χ0) is 20.5. The van der Waals surface area contributed by atoms with Gasteiger partial charge in [0.1, 0.15) is 17.3 Å². The molecule has 8 heteroatoms. The van der Waals surface area contributed by atoms with Gasteiger partial charge in [0.2, 0.25) is 0 Å². The van der Waals surface area contributed by atoms with Crippen molar-refractivity contribution in [3.05, 3.63) is 64.3 Å². The molecule has 0 spiro atoms. The van der Waals surface area contributed by atoms with E-state index in [0.29, 0.717) is 0 Å². The molecule has 0 radical (unpaired) electrons. The van der Waals surface area contributed by atoms with E-state index < -0.39 is 46.7 Å². The van der Waals surface area contributed by atoms with Gasteiger partial charge in [0.25, 0.3) is 0 Å². The second-order valence-corrected chi connectivity index (χ2v) is 7.21. The van der Waals surface area contributed by atoms with Crippen LogP contribution in [0.1, 0.15) is 42.4 Å². The molecule has 2 atom stereocenters. The van der Waals surface area contributed by atoms with E-state index in [1.54, 1.807) is 6.92 Å². The molecule has 0 bridgehead atoms. The average molecular weight is 395 g/mol. The predicted octanol–water partition coefficient (Wildman–Crippen LogP) is 5.99. The number of rotatable bonds is 2. The summed E-state index contributed by atoms with van der Waals surface area (Å²) in [4.78, 5) is 3.11. The fourth-order valence-corrected chi connectivity index (χ4v) is 4.12. The third kappa shape index (κ3) is 2.23. The van der Waals surface area contributed by atoms with Crippen LogP contribution in [-0.4, -0.2) is 11.0 Å². The van der Waals surface area contributed by atoms with Gasteiger partial charge in [0.15, 0.2) is 11.3 Å². The molecule has 0 heterocycles. The van der Waals surface area contributed by atoms with Crippen molar-refractivity contribution < 1.29 is 31.8 Å². The summed E-state index contributed by atoms with van der Waals surface area (Å²) in [5.41, 5.74) is -4.42. The van der Waals surface area contributed by atoms with Crippen LogP contribution in [0.25, 0.3) is 4.85 Å². The molecule has 2 aromatic rings. The van der Waals surface area contributed by atoms with Crippen molar-refractivity contribution in [3.8, 4) is 11.5 Å². The Morgan fingerprint density at radius 2 is 1.89 bits per heavy atom. The van der Waals surface area contributed by atoms with Crippen molar-refractivity contribution in [3.63, 3.8) is 0 Å². The highest BCUT2D eigenvalue weighted by molar-refractivity contribution is 5.59. The molecular weight excluding hydrogens is 381 g/mol. The van der Waals surface area contributed by atoms with E-state index >= 15 is 0 Å². The lowest BCUT2D eigenvalue weighted by atomic mass is 9.74. The van der Waals surface area contributed by atoms with Crippen LogP contribution in [0.5, 0.6) is 11.5 Å². The van der Waals surface area contributed by atoms with E-state index in [4.69, 9.17) is 11.3 Å². The van der Waals surface area contributed by atoms with Crippen molar-refractivity contribution in [2.24, 2.45) is 0 Å². The maximum atomic E-state index is 14.5. The molecule has 2 aliphatic carbocycles. The van der Waals surface area contributed by atoms with Crippen molar-refractivity contribution in [1.29, 1.82) is 0 Å². The van der Waals surface area contributed by atoms with Gasteiger partial charge in [-0.15, -0.1) is 0 Å². The van der Waals surface area contributed by atoms with Crippen LogP contribution in [0, 0.1) is 12.4 Å². The van der Waals surface area contributed by atoms with E-state index in [0.717, 1.165) is 24.3 Å². The number of benzene rings is 2. The second kappa shape index (κ2) is 5.67. The minimum Gasteiger partial charge on any atom is -0.458 e. The van der Waals surface area contributed by atoms with Gasteiger partial charge in [0.05, 0.1) is 6.57 Å². The summed E-state index contributed by atoms with van der Waals surface area (Å²) in [6.07, 6.45) is -0.465. The normalized spacial score (nSPS) is 26.4. The molecule has 0 aromatic heterocycles. The lowest BCUT2D eigenvalue weighted by molar-refractivity contribution is -0.289. The largest absolute Gasteiger partial charge is 0.458 e. The van der Waals surface area contributed by atoms with E-state index in [1.165, 1.54) is 6.07 Å². The standard InChI is InChI=1S/C20H14F5NO2/c1-10-5-6-18(27)17-14(19(22,23)20(18,24)25)3-4-15(16(10)17)28-13-8-11(21)7-12(9-13)26-2/h3-4,7-10,27H,5-6H2,1H3/t10-,18+/m0/s1. The van der Waals surface area contributed by atoms with E-state index in [-0.39, 0.29) is 29.2 Å². The molecule has 3 nitrogen and oxygen atoms in total. The predicted molar refractivity (Wildman–Crippen MR) is 89.6 cm³/mol. The van der Waals surface area contributed by atoms with Crippen molar-refractivity contribution in [2.45, 2.75) is 43.1 Å². The molecular formula is C20H14F5NO2. The highest BCUT2D eigenvalue weighted by atomic mass is 19.3.